The molecule has 1 aliphatic rings. The molecule has 43 heavy (non-hydrogen) atoms. The number of anilines is 2. The van der Waals surface area contributed by atoms with Crippen molar-refractivity contribution in [3.05, 3.63) is 53.6 Å². The standard InChI is InChI=1S/C27H27F3N4O9/c1-26(2,3)43-25(40)34(24(38)39)14-16-12-17(5-4-15(16)13-31)32-22(36)20(35)21-23(37)33(10-11-41-21)18-6-8-19(9-7-18)42-27(28,29)30/h4-9,12,20-21,35H,10-11,14H2,1-3H3,(H,32,36)(H,38,39)/p-1/t20-,21-/m1/s1. The first-order valence-electron chi connectivity index (χ1n) is 12.5. The fourth-order valence-electron chi connectivity index (χ4n) is 3.87. The number of morpholine rings is 1. The van der Waals surface area contributed by atoms with Crippen molar-refractivity contribution in [1.82, 2.24) is 4.90 Å². The molecule has 0 spiro atoms. The van der Waals surface area contributed by atoms with Crippen LogP contribution in [0.1, 0.15) is 31.9 Å². The Balaban J connectivity index is 1.74. The highest BCUT2D eigenvalue weighted by atomic mass is 19.4. The number of nitriles is 1. The van der Waals surface area contributed by atoms with E-state index in [1.165, 1.54) is 51.1 Å². The second-order valence-electron chi connectivity index (χ2n) is 10.1. The zero-order valence-electron chi connectivity index (χ0n) is 23.0. The number of carbonyl (C=O) groups is 4. The van der Waals surface area contributed by atoms with E-state index < -0.39 is 60.5 Å². The van der Waals surface area contributed by atoms with Crippen LogP contribution in [0.2, 0.25) is 0 Å². The summed E-state index contributed by atoms with van der Waals surface area (Å²) < 4.78 is 51.5. The van der Waals surface area contributed by atoms with Crippen LogP contribution in [-0.2, 0) is 25.6 Å². The number of halogens is 3. The van der Waals surface area contributed by atoms with Crippen LogP contribution in [0.15, 0.2) is 42.5 Å². The lowest BCUT2D eigenvalue weighted by atomic mass is 10.1. The monoisotopic (exact) mass is 607 g/mol. The molecule has 3 rings (SSSR count). The van der Waals surface area contributed by atoms with E-state index in [-0.39, 0.29) is 40.6 Å². The summed E-state index contributed by atoms with van der Waals surface area (Å²) in [6, 6.07) is 9.90. The number of alkyl halides is 3. The van der Waals surface area contributed by atoms with Gasteiger partial charge in [-0.15, -0.1) is 13.2 Å². The van der Waals surface area contributed by atoms with Crippen LogP contribution >= 0.6 is 0 Å². The minimum absolute atomic E-state index is 0.0148. The number of nitrogens with one attached hydrogen (secondary N) is 1. The molecule has 1 heterocycles. The number of nitrogens with zero attached hydrogens (tertiary/aromatic N) is 3. The Hall–Kier alpha value is -4.88. The molecule has 0 aliphatic carbocycles. The van der Waals surface area contributed by atoms with E-state index in [4.69, 9.17) is 9.47 Å². The van der Waals surface area contributed by atoms with Gasteiger partial charge in [-0.25, -0.2) is 4.79 Å². The van der Waals surface area contributed by atoms with Crippen LogP contribution < -0.4 is 20.1 Å². The van der Waals surface area contributed by atoms with E-state index in [1.54, 1.807) is 0 Å². The number of carboxylic acid groups (broad SMARTS) is 1. The molecule has 13 nitrogen and oxygen atoms in total. The van der Waals surface area contributed by atoms with E-state index in [0.717, 1.165) is 17.0 Å². The largest absolute Gasteiger partial charge is 0.573 e. The SMILES string of the molecule is CC(C)(C)OC(=O)N(Cc1cc(NC(=O)[C@H](O)[C@H]2OCCN(c3ccc(OC(F)(F)F)cc3)C2=O)ccc1C#N)C(=O)[O-]. The summed E-state index contributed by atoms with van der Waals surface area (Å²) in [5, 5.41) is 34.0. The topological polar surface area (TPSA) is 182 Å². The molecule has 0 unspecified atom stereocenters. The Kier molecular flexibility index (Phi) is 9.84. The Morgan fingerprint density at radius 3 is 2.42 bits per heavy atom. The molecule has 1 saturated heterocycles. The fourth-order valence-corrected chi connectivity index (χ4v) is 3.87. The Morgan fingerprint density at radius 2 is 1.86 bits per heavy atom. The Bertz CT molecular complexity index is 1420. The summed E-state index contributed by atoms with van der Waals surface area (Å²) in [7, 11) is 0. The van der Waals surface area contributed by atoms with Gasteiger partial charge in [-0.2, -0.15) is 5.26 Å². The predicted octanol–water partition coefficient (Wildman–Crippen LogP) is 2.27. The molecule has 2 aromatic carbocycles. The molecule has 2 aromatic rings. The number of benzene rings is 2. The van der Waals surface area contributed by atoms with Crippen LogP contribution in [0.5, 0.6) is 5.75 Å². The second kappa shape index (κ2) is 13.0. The van der Waals surface area contributed by atoms with Gasteiger partial charge in [-0.3, -0.25) is 14.5 Å². The van der Waals surface area contributed by atoms with Gasteiger partial charge in [0.05, 0.1) is 24.8 Å². The number of imide groups is 1. The molecule has 0 radical (unpaired) electrons. The maximum absolute atomic E-state index is 13.0. The second-order valence-corrected chi connectivity index (χ2v) is 10.1. The van der Waals surface area contributed by atoms with Crippen molar-refractivity contribution >= 4 is 35.4 Å². The van der Waals surface area contributed by atoms with E-state index in [0.29, 0.717) is 0 Å². The number of ether oxygens (including phenoxy) is 3. The summed E-state index contributed by atoms with van der Waals surface area (Å²) in [5.41, 5.74) is -0.950. The van der Waals surface area contributed by atoms with E-state index in [9.17, 15) is 47.8 Å². The first-order valence-corrected chi connectivity index (χ1v) is 12.5. The van der Waals surface area contributed by atoms with Crippen molar-refractivity contribution in [1.29, 1.82) is 5.26 Å². The molecule has 2 N–H and O–H groups in total. The van der Waals surface area contributed by atoms with Crippen molar-refractivity contribution in [2.45, 2.75) is 51.5 Å². The maximum atomic E-state index is 13.0. The van der Waals surface area contributed by atoms with Crippen molar-refractivity contribution < 1.29 is 56.8 Å². The van der Waals surface area contributed by atoms with Gasteiger partial charge >= 0.3 is 12.5 Å². The average Bonchev–Trinajstić information content (AvgIpc) is 2.90. The Morgan fingerprint density at radius 1 is 1.21 bits per heavy atom. The van der Waals surface area contributed by atoms with Crippen LogP contribution in [0.3, 0.4) is 0 Å². The summed E-state index contributed by atoms with van der Waals surface area (Å²) in [4.78, 5) is 51.2. The molecule has 1 fully saturated rings. The van der Waals surface area contributed by atoms with Gasteiger partial charge in [-0.1, -0.05) is 0 Å². The first-order chi connectivity index (χ1) is 20.0. The van der Waals surface area contributed by atoms with Gasteiger partial charge in [0, 0.05) is 17.9 Å². The molecule has 0 saturated carbocycles. The van der Waals surface area contributed by atoms with E-state index in [2.05, 4.69) is 10.1 Å². The van der Waals surface area contributed by atoms with Crippen molar-refractivity contribution in [3.8, 4) is 11.8 Å². The lowest BCUT2D eigenvalue weighted by molar-refractivity contribution is -0.274. The molecule has 1 aliphatic heterocycles. The number of aliphatic hydroxyl groups is 1. The minimum atomic E-state index is -4.90. The molecular formula is C27H26F3N4O9-. The van der Waals surface area contributed by atoms with Crippen molar-refractivity contribution in [2.24, 2.45) is 0 Å². The third-order valence-corrected chi connectivity index (χ3v) is 5.72. The van der Waals surface area contributed by atoms with Crippen LogP contribution in [0, 0.1) is 11.3 Å². The number of hydrogen-bond donors (Lipinski definition) is 2. The van der Waals surface area contributed by atoms with E-state index in [1.807, 2.05) is 6.07 Å². The first kappa shape index (κ1) is 32.6. The summed E-state index contributed by atoms with van der Waals surface area (Å²) in [6.45, 7) is 3.75. The van der Waals surface area contributed by atoms with E-state index >= 15 is 0 Å². The average molecular weight is 608 g/mol. The lowest BCUT2D eigenvalue weighted by Crippen LogP contribution is -2.55. The summed E-state index contributed by atoms with van der Waals surface area (Å²) >= 11 is 0. The number of amides is 4. The normalized spacial score (nSPS) is 16.1. The highest BCUT2D eigenvalue weighted by Crippen LogP contribution is 2.27. The predicted molar refractivity (Wildman–Crippen MR) is 138 cm³/mol. The smallest absolute Gasteiger partial charge is 0.529 e. The molecule has 230 valence electrons. The highest BCUT2D eigenvalue weighted by Gasteiger charge is 2.39. The van der Waals surface area contributed by atoms with Gasteiger partial charge in [0.1, 0.15) is 17.4 Å². The Labute approximate surface area is 242 Å². The van der Waals surface area contributed by atoms with Gasteiger partial charge < -0.3 is 39.4 Å². The molecule has 0 bridgehead atoms. The number of carbonyl (C=O) groups excluding carboxylic acids is 4. The fraction of sp³-hybridized carbons (Fsp3) is 0.370. The summed E-state index contributed by atoms with van der Waals surface area (Å²) in [5.74, 6) is -2.46. The zero-order valence-corrected chi connectivity index (χ0v) is 23.0. The molecule has 16 heteroatoms. The quantitative estimate of drug-likeness (QED) is 0.474. The number of rotatable bonds is 7. The van der Waals surface area contributed by atoms with Gasteiger partial charge in [0.2, 0.25) is 0 Å². The third-order valence-electron chi connectivity index (χ3n) is 5.72. The minimum Gasteiger partial charge on any atom is -0.529 e. The number of hydrogen-bond acceptors (Lipinski definition) is 10. The molecule has 4 amide bonds. The van der Waals surface area contributed by atoms with Gasteiger partial charge in [0.25, 0.3) is 11.8 Å². The molecular weight excluding hydrogens is 581 g/mol. The van der Waals surface area contributed by atoms with Crippen molar-refractivity contribution in [3.63, 3.8) is 0 Å². The van der Waals surface area contributed by atoms with Crippen LogP contribution in [0.4, 0.5) is 34.1 Å². The van der Waals surface area contributed by atoms with Crippen LogP contribution in [-0.4, -0.2) is 71.3 Å². The zero-order chi connectivity index (χ0) is 32.1. The molecule has 0 aromatic heterocycles. The van der Waals surface area contributed by atoms with Gasteiger partial charge in [0.15, 0.2) is 12.2 Å². The van der Waals surface area contributed by atoms with Crippen molar-refractivity contribution in [2.75, 3.05) is 23.4 Å². The van der Waals surface area contributed by atoms with Crippen LogP contribution in [0.25, 0.3) is 0 Å². The molecule has 2 atom stereocenters. The highest BCUT2D eigenvalue weighted by molar-refractivity contribution is 6.03. The summed E-state index contributed by atoms with van der Waals surface area (Å²) in [6.07, 6.45) is -11.8. The lowest BCUT2D eigenvalue weighted by Gasteiger charge is -2.34. The van der Waals surface area contributed by atoms with Gasteiger partial charge in [-0.05, 0) is 68.8 Å². The maximum Gasteiger partial charge on any atom is 0.573 e. The third kappa shape index (κ3) is 8.80. The number of aliphatic hydroxyl groups excluding tert-OH is 1.